The van der Waals surface area contributed by atoms with Crippen molar-refractivity contribution in [2.75, 3.05) is 5.32 Å². The summed E-state index contributed by atoms with van der Waals surface area (Å²) in [6.07, 6.45) is 0. The molecule has 0 aromatic heterocycles. The Morgan fingerprint density at radius 2 is 1.58 bits per heavy atom. The van der Waals surface area contributed by atoms with E-state index in [-0.39, 0.29) is 5.91 Å². The summed E-state index contributed by atoms with van der Waals surface area (Å²) in [6.45, 7) is 0.405. The van der Waals surface area contributed by atoms with Crippen molar-refractivity contribution in [2.45, 2.75) is 6.54 Å². The van der Waals surface area contributed by atoms with Gasteiger partial charge in [0, 0.05) is 17.8 Å². The number of rotatable bonds is 4. The second-order valence-electron chi connectivity index (χ2n) is 5.43. The van der Waals surface area contributed by atoms with Crippen LogP contribution in [-0.4, -0.2) is 11.9 Å². The van der Waals surface area contributed by atoms with E-state index in [0.29, 0.717) is 17.8 Å². The number of primary amides is 1. The lowest BCUT2D eigenvalue weighted by molar-refractivity contribution is 0.0951. The number of urea groups is 1. The first kappa shape index (κ1) is 15.6. The predicted octanol–water partition coefficient (Wildman–Crippen LogP) is 3.26. The number of nitrogens with one attached hydrogen (secondary N) is 2. The molecule has 0 unspecified atom stereocenters. The highest BCUT2D eigenvalue weighted by Crippen LogP contribution is 2.16. The molecule has 0 radical (unpaired) electrons. The number of carbonyl (C=O) groups excluding carboxylic acids is 2. The minimum atomic E-state index is -0.604. The maximum Gasteiger partial charge on any atom is 0.316 e. The van der Waals surface area contributed by atoms with E-state index in [0.717, 1.165) is 16.3 Å². The molecule has 0 spiro atoms. The average molecular weight is 319 g/mol. The molecule has 4 N–H and O–H groups in total. The molecule has 5 heteroatoms. The molecule has 0 saturated carbocycles. The molecule has 3 aromatic rings. The van der Waals surface area contributed by atoms with E-state index in [9.17, 15) is 9.59 Å². The third kappa shape index (κ3) is 3.70. The van der Waals surface area contributed by atoms with Crippen molar-refractivity contribution in [2.24, 2.45) is 5.73 Å². The lowest BCUT2D eigenvalue weighted by atomic mass is 10.1. The zero-order chi connectivity index (χ0) is 16.9. The maximum absolute atomic E-state index is 12.3. The number of benzene rings is 3. The van der Waals surface area contributed by atoms with Gasteiger partial charge in [-0.3, -0.25) is 4.79 Å². The number of hydrogen-bond acceptors (Lipinski definition) is 2. The van der Waals surface area contributed by atoms with Gasteiger partial charge in [-0.2, -0.15) is 0 Å². The van der Waals surface area contributed by atoms with Crippen LogP contribution in [-0.2, 0) is 6.54 Å². The van der Waals surface area contributed by atoms with Crippen LogP contribution in [0.3, 0.4) is 0 Å². The standard InChI is InChI=1S/C19H17N3O2/c20-19(24)22-17-9-5-13(6-10-17)12-21-18(23)16-8-7-14-3-1-2-4-15(14)11-16/h1-11H,12H2,(H,21,23)(H3,20,22,24). The van der Waals surface area contributed by atoms with Crippen LogP contribution in [0.2, 0.25) is 0 Å². The molecule has 0 aliphatic carbocycles. The molecule has 3 amide bonds. The van der Waals surface area contributed by atoms with Crippen LogP contribution >= 0.6 is 0 Å². The number of hydrogen-bond donors (Lipinski definition) is 3. The first-order valence-electron chi connectivity index (χ1n) is 7.54. The summed E-state index contributed by atoms with van der Waals surface area (Å²) in [6, 6.07) is 20.1. The van der Waals surface area contributed by atoms with Crippen molar-refractivity contribution in [3.63, 3.8) is 0 Å². The monoisotopic (exact) mass is 319 g/mol. The van der Waals surface area contributed by atoms with Gasteiger partial charge in [0.05, 0.1) is 0 Å². The van der Waals surface area contributed by atoms with Crippen molar-refractivity contribution in [3.05, 3.63) is 77.9 Å². The van der Waals surface area contributed by atoms with Crippen LogP contribution in [0.25, 0.3) is 10.8 Å². The van der Waals surface area contributed by atoms with Gasteiger partial charge in [-0.25, -0.2) is 4.79 Å². The van der Waals surface area contributed by atoms with Gasteiger partial charge in [0.15, 0.2) is 0 Å². The topological polar surface area (TPSA) is 84.2 Å². The number of amides is 3. The lowest BCUT2D eigenvalue weighted by Crippen LogP contribution is -2.22. The molecule has 0 fully saturated rings. The quantitative estimate of drug-likeness (QED) is 0.689. The Labute approximate surface area is 139 Å². The largest absolute Gasteiger partial charge is 0.351 e. The maximum atomic E-state index is 12.3. The molecule has 5 nitrogen and oxygen atoms in total. The number of anilines is 1. The third-order valence-corrected chi connectivity index (χ3v) is 3.69. The van der Waals surface area contributed by atoms with Crippen LogP contribution in [0, 0.1) is 0 Å². The van der Waals surface area contributed by atoms with E-state index in [4.69, 9.17) is 5.73 Å². The minimum absolute atomic E-state index is 0.125. The van der Waals surface area contributed by atoms with Gasteiger partial charge < -0.3 is 16.4 Å². The molecule has 3 rings (SSSR count). The molecule has 0 aliphatic rings. The normalized spacial score (nSPS) is 10.3. The molecule has 0 bridgehead atoms. The molecule has 120 valence electrons. The molecule has 0 atom stereocenters. The summed E-state index contributed by atoms with van der Waals surface area (Å²) in [5.74, 6) is -0.125. The Hall–Kier alpha value is -3.34. The molecular formula is C19H17N3O2. The second-order valence-corrected chi connectivity index (χ2v) is 5.43. The first-order chi connectivity index (χ1) is 11.6. The van der Waals surface area contributed by atoms with Crippen LogP contribution < -0.4 is 16.4 Å². The zero-order valence-electron chi connectivity index (χ0n) is 13.0. The van der Waals surface area contributed by atoms with Crippen molar-refractivity contribution in [1.82, 2.24) is 5.32 Å². The Morgan fingerprint density at radius 3 is 2.29 bits per heavy atom. The predicted molar refractivity (Wildman–Crippen MR) is 94.8 cm³/mol. The third-order valence-electron chi connectivity index (χ3n) is 3.69. The minimum Gasteiger partial charge on any atom is -0.351 e. The fourth-order valence-electron chi connectivity index (χ4n) is 2.46. The van der Waals surface area contributed by atoms with Gasteiger partial charge in [-0.05, 0) is 40.6 Å². The van der Waals surface area contributed by atoms with E-state index in [1.54, 1.807) is 12.1 Å². The summed E-state index contributed by atoms with van der Waals surface area (Å²) in [7, 11) is 0. The SMILES string of the molecule is NC(=O)Nc1ccc(CNC(=O)c2ccc3ccccc3c2)cc1. The van der Waals surface area contributed by atoms with Crippen molar-refractivity contribution in [1.29, 1.82) is 0 Å². The van der Waals surface area contributed by atoms with E-state index >= 15 is 0 Å². The van der Waals surface area contributed by atoms with E-state index < -0.39 is 6.03 Å². The van der Waals surface area contributed by atoms with E-state index in [2.05, 4.69) is 10.6 Å². The molecule has 0 saturated heterocycles. The Balaban J connectivity index is 1.64. The summed E-state index contributed by atoms with van der Waals surface area (Å²) >= 11 is 0. The fourth-order valence-corrected chi connectivity index (χ4v) is 2.46. The Kier molecular flexibility index (Phi) is 4.43. The molecular weight excluding hydrogens is 302 g/mol. The number of nitrogens with two attached hydrogens (primary N) is 1. The molecule has 0 heterocycles. The summed E-state index contributed by atoms with van der Waals surface area (Å²) in [5.41, 5.74) is 7.23. The highest BCUT2D eigenvalue weighted by Gasteiger charge is 2.06. The van der Waals surface area contributed by atoms with Crippen LogP contribution in [0.15, 0.2) is 66.7 Å². The van der Waals surface area contributed by atoms with Gasteiger partial charge in [-0.15, -0.1) is 0 Å². The van der Waals surface area contributed by atoms with E-state index in [1.807, 2.05) is 54.6 Å². The van der Waals surface area contributed by atoms with Crippen molar-refractivity contribution in [3.8, 4) is 0 Å². The lowest BCUT2D eigenvalue weighted by Gasteiger charge is -2.08. The summed E-state index contributed by atoms with van der Waals surface area (Å²) < 4.78 is 0. The Morgan fingerprint density at radius 1 is 0.875 bits per heavy atom. The highest BCUT2D eigenvalue weighted by atomic mass is 16.2. The average Bonchev–Trinajstić information content (AvgIpc) is 2.60. The molecule has 3 aromatic carbocycles. The summed E-state index contributed by atoms with van der Waals surface area (Å²) in [5, 5.41) is 7.52. The van der Waals surface area contributed by atoms with Gasteiger partial charge in [0.1, 0.15) is 0 Å². The van der Waals surface area contributed by atoms with Gasteiger partial charge in [0.25, 0.3) is 5.91 Å². The van der Waals surface area contributed by atoms with Gasteiger partial charge in [0.2, 0.25) is 0 Å². The van der Waals surface area contributed by atoms with Crippen LogP contribution in [0.1, 0.15) is 15.9 Å². The van der Waals surface area contributed by atoms with Gasteiger partial charge in [-0.1, -0.05) is 42.5 Å². The number of carbonyl (C=O) groups is 2. The zero-order valence-corrected chi connectivity index (χ0v) is 13.0. The molecule has 24 heavy (non-hydrogen) atoms. The van der Waals surface area contributed by atoms with Crippen molar-refractivity contribution < 1.29 is 9.59 Å². The highest BCUT2D eigenvalue weighted by molar-refractivity contribution is 5.98. The van der Waals surface area contributed by atoms with Crippen LogP contribution in [0.4, 0.5) is 10.5 Å². The first-order valence-corrected chi connectivity index (χ1v) is 7.54. The fraction of sp³-hybridized carbons (Fsp3) is 0.0526. The smallest absolute Gasteiger partial charge is 0.316 e. The van der Waals surface area contributed by atoms with E-state index in [1.165, 1.54) is 0 Å². The van der Waals surface area contributed by atoms with Crippen LogP contribution in [0.5, 0.6) is 0 Å². The second kappa shape index (κ2) is 6.83. The Bertz CT molecular complexity index is 889. The molecule has 0 aliphatic heterocycles. The summed E-state index contributed by atoms with van der Waals surface area (Å²) in [4.78, 5) is 23.1. The van der Waals surface area contributed by atoms with Gasteiger partial charge >= 0.3 is 6.03 Å². The van der Waals surface area contributed by atoms with Crippen molar-refractivity contribution >= 4 is 28.4 Å². The number of fused-ring (bicyclic) bond motifs is 1.